The molecule has 0 saturated heterocycles. The van der Waals surface area contributed by atoms with E-state index in [2.05, 4.69) is 4.74 Å². The first-order valence-electron chi connectivity index (χ1n) is 13.3. The molecule has 0 radical (unpaired) electrons. The van der Waals surface area contributed by atoms with Crippen molar-refractivity contribution in [1.29, 1.82) is 0 Å². The van der Waals surface area contributed by atoms with Crippen molar-refractivity contribution in [2.75, 3.05) is 13.1 Å². The number of alkyl carbamates (subject to hydrolysis) is 1. The Morgan fingerprint density at radius 1 is 0.688 bits per heavy atom. The van der Waals surface area contributed by atoms with Crippen LogP contribution in [0.15, 0.2) is 24.3 Å². The Bertz CT molecular complexity index is 1330. The van der Waals surface area contributed by atoms with Gasteiger partial charge in [-0.25, -0.2) is 4.79 Å². The second-order valence-electron chi connectivity index (χ2n) is 11.3. The Kier molecular flexibility index (Phi) is 11.0. The Labute approximate surface area is 259 Å². The highest BCUT2D eigenvalue weighted by Gasteiger charge is 2.95. The number of alkyl halides is 17. The van der Waals surface area contributed by atoms with Crippen LogP contribution in [0.25, 0.3) is 0 Å². The number of hydrogen-bond donors (Lipinski definition) is 1. The first kappa shape index (κ1) is 40.9. The lowest BCUT2D eigenvalue weighted by atomic mass is 9.87. The third-order valence-electron chi connectivity index (χ3n) is 7.29. The van der Waals surface area contributed by atoms with E-state index < -0.39 is 84.6 Å². The van der Waals surface area contributed by atoms with E-state index in [-0.39, 0.29) is 13.0 Å². The fraction of sp³-hybridized carbons (Fsp3) is 0.692. The molecule has 1 aromatic rings. The summed E-state index contributed by atoms with van der Waals surface area (Å²) in [6.45, 7) is 1.50. The minimum absolute atomic E-state index is 0.246. The fourth-order valence-electron chi connectivity index (χ4n) is 4.29. The zero-order valence-electron chi connectivity index (χ0n) is 24.4. The van der Waals surface area contributed by atoms with Crippen LogP contribution in [0.4, 0.5) is 79.4 Å². The SMILES string of the molecule is CC(C)(CCC(F)(F)C(F)(F)C(F)(F)C(F)(F)C(F)(F)C(F)(F)C(F)(F)C(F)(F)F)OC(=O)NCCC(=O)N1CCc2ccccc2C1. The minimum atomic E-state index is -8.71. The van der Waals surface area contributed by atoms with Crippen LogP contribution in [0.5, 0.6) is 0 Å². The van der Waals surface area contributed by atoms with Gasteiger partial charge in [-0.3, -0.25) is 4.79 Å². The fourth-order valence-corrected chi connectivity index (χ4v) is 4.29. The average molecular weight is 736 g/mol. The molecule has 22 heteroatoms. The monoisotopic (exact) mass is 736 g/mol. The molecule has 0 unspecified atom stereocenters. The maximum atomic E-state index is 14.2. The average Bonchev–Trinajstić information content (AvgIpc) is 2.94. The first-order chi connectivity index (χ1) is 21.3. The van der Waals surface area contributed by atoms with Gasteiger partial charge in [-0.2, -0.15) is 74.6 Å². The molecule has 0 aromatic heterocycles. The summed E-state index contributed by atoms with van der Waals surface area (Å²) in [5.41, 5.74) is -0.505. The molecule has 2 amide bonds. The summed E-state index contributed by atoms with van der Waals surface area (Å²) in [6, 6.07) is 7.19. The highest BCUT2D eigenvalue weighted by Crippen LogP contribution is 2.64. The van der Waals surface area contributed by atoms with E-state index in [0.29, 0.717) is 26.8 Å². The standard InChI is InChI=1S/C26H25F17N2O3/c1-18(2,48-17(47)44-11-7-16(46)45-12-8-14-5-3-4-6-15(14)13-45)9-10-19(27,28)20(29,30)21(31,32)22(33,34)23(35,36)24(37,38)25(39,40)26(41,42)43/h3-6H,7-13H2,1-2H3,(H,44,47). The van der Waals surface area contributed by atoms with Crippen LogP contribution < -0.4 is 5.32 Å². The summed E-state index contributed by atoms with van der Waals surface area (Å²) in [4.78, 5) is 25.9. The van der Waals surface area contributed by atoms with Crippen LogP contribution in [-0.2, 0) is 22.5 Å². The Morgan fingerprint density at radius 3 is 1.65 bits per heavy atom. The summed E-state index contributed by atoms with van der Waals surface area (Å²) >= 11 is 0. The molecule has 1 N–H and O–H groups in total. The molecule has 0 saturated carbocycles. The van der Waals surface area contributed by atoms with Gasteiger partial charge in [-0.15, -0.1) is 0 Å². The Hall–Kier alpha value is -3.23. The van der Waals surface area contributed by atoms with Gasteiger partial charge in [-0.05, 0) is 37.8 Å². The van der Waals surface area contributed by atoms with Crippen molar-refractivity contribution in [2.45, 2.75) is 99.3 Å². The van der Waals surface area contributed by atoms with Crippen molar-refractivity contribution in [3.05, 3.63) is 35.4 Å². The third kappa shape index (κ3) is 7.20. The van der Waals surface area contributed by atoms with Crippen LogP contribution >= 0.6 is 0 Å². The molecule has 48 heavy (non-hydrogen) atoms. The number of rotatable bonds is 13. The van der Waals surface area contributed by atoms with E-state index >= 15 is 0 Å². The maximum Gasteiger partial charge on any atom is 0.460 e. The number of nitrogens with one attached hydrogen (secondary N) is 1. The van der Waals surface area contributed by atoms with Gasteiger partial charge in [0.05, 0.1) is 0 Å². The molecule has 1 aliphatic rings. The Balaban J connectivity index is 2.07. The summed E-state index contributed by atoms with van der Waals surface area (Å²) in [7, 11) is 0. The quantitative estimate of drug-likeness (QED) is 0.208. The van der Waals surface area contributed by atoms with Crippen molar-refractivity contribution in [1.82, 2.24) is 10.2 Å². The van der Waals surface area contributed by atoms with Gasteiger partial charge in [0, 0.05) is 32.5 Å². The largest absolute Gasteiger partial charge is 0.460 e. The second-order valence-corrected chi connectivity index (χ2v) is 11.3. The van der Waals surface area contributed by atoms with E-state index in [1.54, 1.807) is 18.2 Å². The molecule has 0 bridgehead atoms. The highest BCUT2D eigenvalue weighted by molar-refractivity contribution is 5.77. The number of carbonyl (C=O) groups is 2. The zero-order valence-corrected chi connectivity index (χ0v) is 24.4. The minimum Gasteiger partial charge on any atom is -0.444 e. The molecule has 1 aliphatic heterocycles. The molecule has 2 rings (SSSR count). The molecule has 0 aliphatic carbocycles. The molecule has 0 fully saturated rings. The molecule has 0 atom stereocenters. The van der Waals surface area contributed by atoms with Crippen molar-refractivity contribution in [3.8, 4) is 0 Å². The van der Waals surface area contributed by atoms with Crippen LogP contribution in [0.1, 0.15) is 44.2 Å². The van der Waals surface area contributed by atoms with Crippen molar-refractivity contribution in [2.24, 2.45) is 0 Å². The highest BCUT2D eigenvalue weighted by atomic mass is 19.4. The second kappa shape index (κ2) is 12.9. The summed E-state index contributed by atoms with van der Waals surface area (Å²) in [6.07, 6.45) is -13.6. The van der Waals surface area contributed by atoms with E-state index in [1.807, 2.05) is 11.4 Å². The number of amides is 2. The zero-order chi connectivity index (χ0) is 37.6. The Morgan fingerprint density at radius 2 is 1.15 bits per heavy atom. The van der Waals surface area contributed by atoms with Gasteiger partial charge < -0.3 is 15.0 Å². The number of benzene rings is 1. The van der Waals surface area contributed by atoms with Crippen LogP contribution in [0.2, 0.25) is 0 Å². The summed E-state index contributed by atoms with van der Waals surface area (Å²) < 4.78 is 233. The molecular weight excluding hydrogens is 711 g/mol. The van der Waals surface area contributed by atoms with Crippen LogP contribution in [0.3, 0.4) is 0 Å². The number of halogens is 17. The number of carbonyl (C=O) groups excluding carboxylic acids is 2. The number of nitrogens with zero attached hydrogens (tertiary/aromatic N) is 1. The van der Waals surface area contributed by atoms with Gasteiger partial charge >= 0.3 is 53.7 Å². The number of hydrogen-bond acceptors (Lipinski definition) is 3. The summed E-state index contributed by atoms with van der Waals surface area (Å²) in [5, 5.41) is 1.99. The predicted molar refractivity (Wildman–Crippen MR) is 129 cm³/mol. The van der Waals surface area contributed by atoms with Gasteiger partial charge in [0.2, 0.25) is 5.91 Å². The van der Waals surface area contributed by atoms with E-state index in [1.165, 1.54) is 4.90 Å². The first-order valence-corrected chi connectivity index (χ1v) is 13.3. The summed E-state index contributed by atoms with van der Waals surface area (Å²) in [5.74, 6) is -57.4. The third-order valence-corrected chi connectivity index (χ3v) is 7.29. The topological polar surface area (TPSA) is 58.6 Å². The van der Waals surface area contributed by atoms with Crippen LogP contribution in [0, 0.1) is 0 Å². The molecule has 1 aromatic carbocycles. The van der Waals surface area contributed by atoms with Crippen molar-refractivity contribution < 1.29 is 89.0 Å². The maximum absolute atomic E-state index is 14.2. The van der Waals surface area contributed by atoms with E-state index in [0.717, 1.165) is 11.1 Å². The van der Waals surface area contributed by atoms with Gasteiger partial charge in [0.1, 0.15) is 5.60 Å². The van der Waals surface area contributed by atoms with E-state index in [4.69, 9.17) is 0 Å². The predicted octanol–water partition coefficient (Wildman–Crippen LogP) is 8.26. The lowest BCUT2D eigenvalue weighted by Crippen LogP contribution is -2.74. The molecule has 276 valence electrons. The lowest BCUT2D eigenvalue weighted by molar-refractivity contribution is -0.462. The van der Waals surface area contributed by atoms with Gasteiger partial charge in [-0.1, -0.05) is 24.3 Å². The number of ether oxygens (including phenoxy) is 1. The molecular formula is C26H25F17N2O3. The molecule has 0 spiro atoms. The van der Waals surface area contributed by atoms with Crippen molar-refractivity contribution >= 4 is 12.0 Å². The van der Waals surface area contributed by atoms with Crippen molar-refractivity contribution in [3.63, 3.8) is 0 Å². The molecule has 1 heterocycles. The molecule has 5 nitrogen and oxygen atoms in total. The smallest absolute Gasteiger partial charge is 0.444 e. The normalized spacial score (nSPS) is 16.0. The lowest BCUT2D eigenvalue weighted by Gasteiger charge is -2.43. The van der Waals surface area contributed by atoms with Crippen LogP contribution in [-0.4, -0.2) is 83.2 Å². The van der Waals surface area contributed by atoms with E-state index in [9.17, 15) is 84.2 Å². The van der Waals surface area contributed by atoms with Gasteiger partial charge in [0.15, 0.2) is 0 Å². The van der Waals surface area contributed by atoms with Gasteiger partial charge in [0.25, 0.3) is 0 Å². The number of fused-ring (bicyclic) bond motifs is 1.